The fourth-order valence-corrected chi connectivity index (χ4v) is 2.52. The summed E-state index contributed by atoms with van der Waals surface area (Å²) in [6.07, 6.45) is 10.0. The third kappa shape index (κ3) is 3.33. The van der Waals surface area contributed by atoms with E-state index in [1.807, 2.05) is 0 Å². The zero-order chi connectivity index (χ0) is 10.3. The standard InChI is InChI=1S/C12H22O2/c1-2-14-11-9-12(8-10-13)6-4-3-5-7-12/h2,13H,1,3-11H2. The SMILES string of the molecule is C=COCCC1(CCO)CCCCC1. The summed E-state index contributed by atoms with van der Waals surface area (Å²) in [4.78, 5) is 0. The van der Waals surface area contributed by atoms with Gasteiger partial charge in [-0.3, -0.25) is 0 Å². The predicted molar refractivity (Wildman–Crippen MR) is 58.0 cm³/mol. The number of hydrogen-bond acceptors (Lipinski definition) is 2. The third-order valence-corrected chi connectivity index (χ3v) is 3.42. The van der Waals surface area contributed by atoms with Gasteiger partial charge in [-0.2, -0.15) is 0 Å². The second kappa shape index (κ2) is 6.07. The lowest BCUT2D eigenvalue weighted by molar-refractivity contribution is 0.0873. The van der Waals surface area contributed by atoms with Crippen LogP contribution >= 0.6 is 0 Å². The van der Waals surface area contributed by atoms with Crippen molar-refractivity contribution in [1.82, 2.24) is 0 Å². The van der Waals surface area contributed by atoms with Crippen molar-refractivity contribution in [1.29, 1.82) is 0 Å². The molecule has 0 atom stereocenters. The van der Waals surface area contributed by atoms with Crippen molar-refractivity contribution in [2.45, 2.75) is 44.9 Å². The molecule has 82 valence electrons. The van der Waals surface area contributed by atoms with Crippen molar-refractivity contribution in [3.05, 3.63) is 12.8 Å². The summed E-state index contributed by atoms with van der Waals surface area (Å²) in [6, 6.07) is 0. The van der Waals surface area contributed by atoms with Crippen LogP contribution in [0.3, 0.4) is 0 Å². The van der Waals surface area contributed by atoms with Gasteiger partial charge in [0.15, 0.2) is 0 Å². The van der Waals surface area contributed by atoms with Crippen LogP contribution in [0.1, 0.15) is 44.9 Å². The predicted octanol–water partition coefficient (Wildman–Crippen LogP) is 2.87. The first-order valence-corrected chi connectivity index (χ1v) is 5.66. The highest BCUT2D eigenvalue weighted by Crippen LogP contribution is 2.41. The molecular weight excluding hydrogens is 176 g/mol. The Hall–Kier alpha value is -0.500. The quantitative estimate of drug-likeness (QED) is 0.525. The first-order chi connectivity index (χ1) is 6.83. The molecule has 2 heteroatoms. The molecule has 1 aliphatic rings. The second-order valence-corrected chi connectivity index (χ2v) is 4.32. The molecule has 1 aliphatic carbocycles. The average Bonchev–Trinajstić information content (AvgIpc) is 2.20. The Morgan fingerprint density at radius 3 is 2.50 bits per heavy atom. The van der Waals surface area contributed by atoms with E-state index in [0.29, 0.717) is 12.0 Å². The van der Waals surface area contributed by atoms with Crippen LogP contribution in [0.4, 0.5) is 0 Å². The molecule has 0 heterocycles. The first-order valence-electron chi connectivity index (χ1n) is 5.66. The molecule has 1 rings (SSSR count). The highest BCUT2D eigenvalue weighted by Gasteiger charge is 2.30. The normalized spacial score (nSPS) is 20.4. The van der Waals surface area contributed by atoms with Crippen LogP contribution in [0.5, 0.6) is 0 Å². The molecule has 0 aromatic carbocycles. The number of aliphatic hydroxyl groups is 1. The number of hydrogen-bond donors (Lipinski definition) is 1. The minimum absolute atomic E-state index is 0.314. The average molecular weight is 198 g/mol. The molecule has 0 amide bonds. The smallest absolute Gasteiger partial charge is 0.0878 e. The van der Waals surface area contributed by atoms with Gasteiger partial charge in [0.05, 0.1) is 12.9 Å². The Bertz CT molecular complexity index is 154. The van der Waals surface area contributed by atoms with Crippen LogP contribution in [0.2, 0.25) is 0 Å². The van der Waals surface area contributed by atoms with E-state index in [9.17, 15) is 0 Å². The van der Waals surface area contributed by atoms with E-state index in [1.165, 1.54) is 38.4 Å². The van der Waals surface area contributed by atoms with E-state index in [4.69, 9.17) is 9.84 Å². The van der Waals surface area contributed by atoms with Crippen molar-refractivity contribution in [2.24, 2.45) is 5.41 Å². The summed E-state index contributed by atoms with van der Waals surface area (Å²) in [7, 11) is 0. The van der Waals surface area contributed by atoms with Gasteiger partial charge in [-0.05, 0) is 31.1 Å². The van der Waals surface area contributed by atoms with Gasteiger partial charge in [-0.25, -0.2) is 0 Å². The Balaban J connectivity index is 2.38. The number of ether oxygens (including phenoxy) is 1. The second-order valence-electron chi connectivity index (χ2n) is 4.32. The summed E-state index contributed by atoms with van der Waals surface area (Å²) >= 11 is 0. The molecule has 14 heavy (non-hydrogen) atoms. The van der Waals surface area contributed by atoms with Gasteiger partial charge in [-0.1, -0.05) is 25.8 Å². The maximum absolute atomic E-state index is 9.08. The molecule has 0 aromatic rings. The van der Waals surface area contributed by atoms with Gasteiger partial charge in [-0.15, -0.1) is 0 Å². The topological polar surface area (TPSA) is 29.5 Å². The first kappa shape index (κ1) is 11.6. The van der Waals surface area contributed by atoms with Gasteiger partial charge in [0.2, 0.25) is 0 Å². The van der Waals surface area contributed by atoms with E-state index < -0.39 is 0 Å². The summed E-state index contributed by atoms with van der Waals surface area (Å²) < 4.78 is 5.19. The summed E-state index contributed by atoms with van der Waals surface area (Å²) in [6.45, 7) is 4.61. The molecule has 1 saturated carbocycles. The lowest BCUT2D eigenvalue weighted by atomic mass is 9.70. The van der Waals surface area contributed by atoms with Crippen LogP contribution in [0.15, 0.2) is 12.8 Å². The van der Waals surface area contributed by atoms with Crippen LogP contribution in [0.25, 0.3) is 0 Å². The lowest BCUT2D eigenvalue weighted by Crippen LogP contribution is -2.26. The molecule has 0 unspecified atom stereocenters. The van der Waals surface area contributed by atoms with Gasteiger partial charge in [0.25, 0.3) is 0 Å². The minimum Gasteiger partial charge on any atom is -0.502 e. The van der Waals surface area contributed by atoms with Gasteiger partial charge in [0, 0.05) is 6.61 Å². The number of rotatable bonds is 6. The third-order valence-electron chi connectivity index (χ3n) is 3.42. The van der Waals surface area contributed by atoms with E-state index >= 15 is 0 Å². The highest BCUT2D eigenvalue weighted by molar-refractivity contribution is 4.82. The van der Waals surface area contributed by atoms with Crippen molar-refractivity contribution >= 4 is 0 Å². The summed E-state index contributed by atoms with van der Waals surface area (Å²) in [5, 5.41) is 9.08. The Morgan fingerprint density at radius 1 is 1.21 bits per heavy atom. The molecule has 0 spiro atoms. The summed E-state index contributed by atoms with van der Waals surface area (Å²) in [5.74, 6) is 0. The fourth-order valence-electron chi connectivity index (χ4n) is 2.52. The van der Waals surface area contributed by atoms with Crippen molar-refractivity contribution in [2.75, 3.05) is 13.2 Å². The van der Waals surface area contributed by atoms with Crippen molar-refractivity contribution in [3.63, 3.8) is 0 Å². The zero-order valence-corrected chi connectivity index (χ0v) is 9.00. The number of aliphatic hydroxyl groups excluding tert-OH is 1. The monoisotopic (exact) mass is 198 g/mol. The Labute approximate surface area is 87.0 Å². The lowest BCUT2D eigenvalue weighted by Gasteiger charge is -2.36. The molecule has 0 bridgehead atoms. The van der Waals surface area contributed by atoms with Gasteiger partial charge < -0.3 is 9.84 Å². The largest absolute Gasteiger partial charge is 0.502 e. The van der Waals surface area contributed by atoms with Gasteiger partial charge >= 0.3 is 0 Å². The van der Waals surface area contributed by atoms with Crippen LogP contribution in [-0.2, 0) is 4.74 Å². The zero-order valence-electron chi connectivity index (χ0n) is 9.00. The van der Waals surface area contributed by atoms with Crippen LogP contribution in [0, 0.1) is 5.41 Å². The van der Waals surface area contributed by atoms with E-state index in [-0.39, 0.29) is 0 Å². The molecule has 0 radical (unpaired) electrons. The van der Waals surface area contributed by atoms with E-state index in [2.05, 4.69) is 6.58 Å². The molecule has 1 N–H and O–H groups in total. The maximum atomic E-state index is 9.08. The fraction of sp³-hybridized carbons (Fsp3) is 0.833. The van der Waals surface area contributed by atoms with Crippen LogP contribution in [-0.4, -0.2) is 18.3 Å². The molecule has 0 saturated heterocycles. The van der Waals surface area contributed by atoms with Crippen molar-refractivity contribution in [3.8, 4) is 0 Å². The molecule has 0 aliphatic heterocycles. The molecule has 1 fully saturated rings. The van der Waals surface area contributed by atoms with E-state index in [0.717, 1.165) is 19.4 Å². The molecule has 2 nitrogen and oxygen atoms in total. The summed E-state index contributed by atoms with van der Waals surface area (Å²) in [5.41, 5.74) is 0.357. The van der Waals surface area contributed by atoms with Crippen LogP contribution < -0.4 is 0 Å². The Morgan fingerprint density at radius 2 is 1.93 bits per heavy atom. The van der Waals surface area contributed by atoms with Gasteiger partial charge in [0.1, 0.15) is 0 Å². The molecular formula is C12H22O2. The molecule has 0 aromatic heterocycles. The minimum atomic E-state index is 0.314. The van der Waals surface area contributed by atoms with E-state index in [1.54, 1.807) is 0 Å². The van der Waals surface area contributed by atoms with Crippen molar-refractivity contribution < 1.29 is 9.84 Å². The Kier molecular flexibility index (Phi) is 5.02. The highest BCUT2D eigenvalue weighted by atomic mass is 16.5. The maximum Gasteiger partial charge on any atom is 0.0878 e.